The van der Waals surface area contributed by atoms with Gasteiger partial charge in [-0.25, -0.2) is 0 Å². The quantitative estimate of drug-likeness (QED) is 0.731. The average Bonchev–Trinajstić information content (AvgIpc) is 2.29. The molecule has 0 bridgehead atoms. The van der Waals surface area contributed by atoms with Gasteiger partial charge < -0.3 is 0 Å². The minimum atomic E-state index is 0.604. The first-order valence-electron chi connectivity index (χ1n) is 4.42. The van der Waals surface area contributed by atoms with Gasteiger partial charge in [-0.3, -0.25) is 4.98 Å². The highest BCUT2D eigenvalue weighted by molar-refractivity contribution is 6.30. The summed E-state index contributed by atoms with van der Waals surface area (Å²) in [6.07, 6.45) is 1.63. The van der Waals surface area contributed by atoms with Crippen molar-refractivity contribution in [1.29, 1.82) is 5.26 Å². The fourth-order valence-electron chi connectivity index (χ4n) is 1.36. The number of hydrogen-bond acceptors (Lipinski definition) is 2. The van der Waals surface area contributed by atoms with Gasteiger partial charge in [0.25, 0.3) is 0 Å². The second-order valence-electron chi connectivity index (χ2n) is 3.02. The van der Waals surface area contributed by atoms with Crippen molar-refractivity contribution < 1.29 is 0 Å². The van der Waals surface area contributed by atoms with Crippen molar-refractivity contribution in [3.8, 4) is 17.3 Å². The first-order valence-corrected chi connectivity index (χ1v) is 4.80. The molecule has 0 unspecified atom stereocenters. The van der Waals surface area contributed by atoms with Crippen LogP contribution in [0, 0.1) is 11.3 Å². The molecule has 0 saturated heterocycles. The number of halogens is 1. The molecule has 0 radical (unpaired) electrons. The maximum Gasteiger partial charge on any atom is 0.0998 e. The molecule has 72 valence electrons. The van der Waals surface area contributed by atoms with Gasteiger partial charge in [-0.05, 0) is 18.2 Å². The van der Waals surface area contributed by atoms with E-state index in [1.54, 1.807) is 24.4 Å². The highest BCUT2D eigenvalue weighted by atomic mass is 35.5. The van der Waals surface area contributed by atoms with Crippen molar-refractivity contribution in [1.82, 2.24) is 4.98 Å². The number of aromatic nitrogens is 1. The van der Waals surface area contributed by atoms with Gasteiger partial charge in [0.15, 0.2) is 0 Å². The topological polar surface area (TPSA) is 36.7 Å². The van der Waals surface area contributed by atoms with Gasteiger partial charge in [0.2, 0.25) is 0 Å². The standard InChI is InChI=1S/C12H7ClN2/c13-10-5-6-15-12(7-10)11-4-2-1-3-9(11)8-14/h1-7H. The molecule has 2 rings (SSSR count). The third-order valence-corrected chi connectivity index (χ3v) is 2.28. The van der Waals surface area contributed by atoms with Gasteiger partial charge in [-0.15, -0.1) is 0 Å². The minimum Gasteiger partial charge on any atom is -0.256 e. The summed E-state index contributed by atoms with van der Waals surface area (Å²) in [5.41, 5.74) is 2.13. The molecule has 1 heterocycles. The highest BCUT2D eigenvalue weighted by Gasteiger charge is 2.04. The molecule has 15 heavy (non-hydrogen) atoms. The SMILES string of the molecule is N#Cc1ccccc1-c1cc(Cl)ccn1. The van der Waals surface area contributed by atoms with Crippen LogP contribution in [0.4, 0.5) is 0 Å². The zero-order valence-corrected chi connectivity index (χ0v) is 8.57. The molecule has 0 atom stereocenters. The Hall–Kier alpha value is -1.85. The van der Waals surface area contributed by atoms with Crippen LogP contribution in [-0.2, 0) is 0 Å². The van der Waals surface area contributed by atoms with Crippen molar-refractivity contribution in [2.24, 2.45) is 0 Å². The van der Waals surface area contributed by atoms with E-state index in [4.69, 9.17) is 16.9 Å². The van der Waals surface area contributed by atoms with Crippen LogP contribution in [0.5, 0.6) is 0 Å². The van der Waals surface area contributed by atoms with E-state index >= 15 is 0 Å². The van der Waals surface area contributed by atoms with Crippen molar-refractivity contribution in [3.63, 3.8) is 0 Å². The van der Waals surface area contributed by atoms with E-state index in [0.717, 1.165) is 11.3 Å². The van der Waals surface area contributed by atoms with Gasteiger partial charge in [0, 0.05) is 16.8 Å². The molecule has 0 amide bonds. The van der Waals surface area contributed by atoms with Gasteiger partial charge in [-0.2, -0.15) is 5.26 Å². The minimum absolute atomic E-state index is 0.604. The number of nitrogens with zero attached hydrogens (tertiary/aromatic N) is 2. The van der Waals surface area contributed by atoms with Gasteiger partial charge in [0.1, 0.15) is 0 Å². The van der Waals surface area contributed by atoms with Gasteiger partial charge in [0.05, 0.1) is 17.3 Å². The number of pyridine rings is 1. The molecule has 0 saturated carbocycles. The van der Waals surface area contributed by atoms with Crippen LogP contribution in [0.2, 0.25) is 5.02 Å². The molecular weight excluding hydrogens is 208 g/mol. The first-order chi connectivity index (χ1) is 7.31. The lowest BCUT2D eigenvalue weighted by Crippen LogP contribution is -1.86. The van der Waals surface area contributed by atoms with Crippen LogP contribution in [-0.4, -0.2) is 4.98 Å². The Kier molecular flexibility index (Phi) is 2.66. The maximum atomic E-state index is 8.94. The Morgan fingerprint density at radius 3 is 2.73 bits per heavy atom. The Balaban J connectivity index is 2.60. The highest BCUT2D eigenvalue weighted by Crippen LogP contribution is 2.23. The zero-order valence-electron chi connectivity index (χ0n) is 7.81. The molecule has 0 fully saturated rings. The summed E-state index contributed by atoms with van der Waals surface area (Å²) in [6.45, 7) is 0. The van der Waals surface area contributed by atoms with Crippen LogP contribution >= 0.6 is 11.6 Å². The van der Waals surface area contributed by atoms with Crippen LogP contribution in [0.25, 0.3) is 11.3 Å². The monoisotopic (exact) mass is 214 g/mol. The van der Waals surface area contributed by atoms with Crippen LogP contribution < -0.4 is 0 Å². The molecule has 0 N–H and O–H groups in total. The number of nitriles is 1. The van der Waals surface area contributed by atoms with Crippen molar-refractivity contribution in [2.45, 2.75) is 0 Å². The number of benzene rings is 1. The molecule has 1 aromatic heterocycles. The third-order valence-electron chi connectivity index (χ3n) is 2.05. The van der Waals surface area contributed by atoms with E-state index in [1.165, 1.54) is 0 Å². The Labute approximate surface area is 92.8 Å². The second-order valence-corrected chi connectivity index (χ2v) is 3.45. The van der Waals surface area contributed by atoms with Gasteiger partial charge in [-0.1, -0.05) is 29.8 Å². The Morgan fingerprint density at radius 1 is 1.20 bits per heavy atom. The molecule has 0 aliphatic rings. The first kappa shape index (κ1) is 9.70. The van der Waals surface area contributed by atoms with E-state index in [-0.39, 0.29) is 0 Å². The predicted molar refractivity (Wildman–Crippen MR) is 59.4 cm³/mol. The van der Waals surface area contributed by atoms with Crippen molar-refractivity contribution in [3.05, 3.63) is 53.2 Å². The fraction of sp³-hybridized carbons (Fsp3) is 0. The lowest BCUT2D eigenvalue weighted by Gasteiger charge is -2.02. The second kappa shape index (κ2) is 4.12. The molecule has 1 aromatic carbocycles. The van der Waals surface area contributed by atoms with E-state index in [9.17, 15) is 0 Å². The van der Waals surface area contributed by atoms with E-state index in [2.05, 4.69) is 11.1 Å². The lowest BCUT2D eigenvalue weighted by molar-refractivity contribution is 1.32. The predicted octanol–water partition coefficient (Wildman–Crippen LogP) is 3.27. The maximum absolute atomic E-state index is 8.94. The van der Waals surface area contributed by atoms with E-state index in [1.807, 2.05) is 18.2 Å². The summed E-state index contributed by atoms with van der Waals surface area (Å²) in [6, 6.07) is 12.9. The molecule has 3 heteroatoms. The normalized spacial score (nSPS) is 9.60. The van der Waals surface area contributed by atoms with E-state index in [0.29, 0.717) is 10.6 Å². The largest absolute Gasteiger partial charge is 0.256 e. The summed E-state index contributed by atoms with van der Waals surface area (Å²) < 4.78 is 0. The van der Waals surface area contributed by atoms with Crippen LogP contribution in [0.15, 0.2) is 42.6 Å². The average molecular weight is 215 g/mol. The molecule has 2 nitrogen and oxygen atoms in total. The van der Waals surface area contributed by atoms with E-state index < -0.39 is 0 Å². The number of rotatable bonds is 1. The summed E-state index contributed by atoms with van der Waals surface area (Å²) >= 11 is 5.87. The summed E-state index contributed by atoms with van der Waals surface area (Å²) in [7, 11) is 0. The molecule has 2 aromatic rings. The van der Waals surface area contributed by atoms with Crippen molar-refractivity contribution >= 4 is 11.6 Å². The summed E-state index contributed by atoms with van der Waals surface area (Å²) in [5.74, 6) is 0. The summed E-state index contributed by atoms with van der Waals surface area (Å²) in [5, 5.41) is 9.56. The van der Waals surface area contributed by atoms with Crippen LogP contribution in [0.3, 0.4) is 0 Å². The fourth-order valence-corrected chi connectivity index (χ4v) is 1.52. The van der Waals surface area contributed by atoms with Gasteiger partial charge >= 0.3 is 0 Å². The summed E-state index contributed by atoms with van der Waals surface area (Å²) in [4.78, 5) is 4.18. The molecule has 0 aliphatic heterocycles. The van der Waals surface area contributed by atoms with Crippen LogP contribution in [0.1, 0.15) is 5.56 Å². The lowest BCUT2D eigenvalue weighted by atomic mass is 10.1. The third kappa shape index (κ3) is 1.98. The smallest absolute Gasteiger partial charge is 0.0998 e. The Bertz CT molecular complexity index is 529. The Morgan fingerprint density at radius 2 is 2.00 bits per heavy atom. The van der Waals surface area contributed by atoms with Crippen molar-refractivity contribution in [2.75, 3.05) is 0 Å². The number of hydrogen-bond donors (Lipinski definition) is 0. The molecule has 0 aliphatic carbocycles. The zero-order chi connectivity index (χ0) is 10.7. The molecule has 0 spiro atoms. The molecular formula is C12H7ClN2.